The fourth-order valence-electron chi connectivity index (χ4n) is 4.79. The van der Waals surface area contributed by atoms with Gasteiger partial charge < -0.3 is 4.74 Å². The van der Waals surface area contributed by atoms with E-state index in [0.717, 1.165) is 60.6 Å². The van der Waals surface area contributed by atoms with E-state index in [4.69, 9.17) is 4.74 Å². The van der Waals surface area contributed by atoms with Gasteiger partial charge in [-0.15, -0.1) is 0 Å². The van der Waals surface area contributed by atoms with Crippen LogP contribution in [0.1, 0.15) is 96.5 Å². The summed E-state index contributed by atoms with van der Waals surface area (Å²) in [5.74, 6) is 1.64. The molecule has 2 aromatic carbocycles. The van der Waals surface area contributed by atoms with Crippen LogP contribution in [0.25, 0.3) is 11.1 Å². The molecule has 1 fully saturated rings. The van der Waals surface area contributed by atoms with Crippen LogP contribution in [0.15, 0.2) is 48.5 Å². The van der Waals surface area contributed by atoms with Crippen molar-refractivity contribution in [1.82, 2.24) is 0 Å². The van der Waals surface area contributed by atoms with Gasteiger partial charge in [0.1, 0.15) is 11.4 Å². The molecule has 2 heteroatoms. The first-order chi connectivity index (χ1) is 15.1. The second-order valence-electron chi connectivity index (χ2n) is 9.42. The maximum atomic E-state index is 15.7. The molecule has 0 spiro atoms. The van der Waals surface area contributed by atoms with Gasteiger partial charge in [0.25, 0.3) is 0 Å². The summed E-state index contributed by atoms with van der Waals surface area (Å²) < 4.78 is 21.4. The van der Waals surface area contributed by atoms with Crippen LogP contribution in [-0.4, -0.2) is 6.61 Å². The highest BCUT2D eigenvalue weighted by Crippen LogP contribution is 2.44. The van der Waals surface area contributed by atoms with Gasteiger partial charge in [0.05, 0.1) is 6.61 Å². The Kier molecular flexibility index (Phi) is 9.43. The smallest absolute Gasteiger partial charge is 0.136 e. The van der Waals surface area contributed by atoms with Gasteiger partial charge in [-0.05, 0) is 66.8 Å². The molecule has 0 unspecified atom stereocenters. The summed E-state index contributed by atoms with van der Waals surface area (Å²) >= 11 is 0. The van der Waals surface area contributed by atoms with Gasteiger partial charge in [-0.2, -0.15) is 0 Å². The summed E-state index contributed by atoms with van der Waals surface area (Å²) in [6, 6.07) is 16.4. The molecule has 3 rings (SSSR count). The van der Waals surface area contributed by atoms with Gasteiger partial charge in [0, 0.05) is 0 Å². The predicted molar refractivity (Wildman–Crippen MR) is 130 cm³/mol. The summed E-state index contributed by atoms with van der Waals surface area (Å²) in [7, 11) is 0. The lowest BCUT2D eigenvalue weighted by Gasteiger charge is -2.34. The first kappa shape index (κ1) is 23.8. The van der Waals surface area contributed by atoms with Crippen LogP contribution in [0.2, 0.25) is 0 Å². The maximum absolute atomic E-state index is 15.7. The minimum absolute atomic E-state index is 0.676. The number of rotatable bonds is 12. The molecular formula is C29H41FO. The van der Waals surface area contributed by atoms with Gasteiger partial charge in [-0.1, -0.05) is 95.2 Å². The molecule has 1 aliphatic carbocycles. The van der Waals surface area contributed by atoms with Crippen molar-refractivity contribution < 1.29 is 9.13 Å². The van der Waals surface area contributed by atoms with E-state index in [1.165, 1.54) is 38.5 Å². The second-order valence-corrected chi connectivity index (χ2v) is 9.42. The van der Waals surface area contributed by atoms with Crippen LogP contribution < -0.4 is 4.74 Å². The normalized spacial score (nSPS) is 21.2. The number of hydrogen-bond donors (Lipinski definition) is 0. The number of halogens is 1. The van der Waals surface area contributed by atoms with Gasteiger partial charge in [0.2, 0.25) is 0 Å². The van der Waals surface area contributed by atoms with E-state index in [1.807, 2.05) is 24.3 Å². The highest BCUT2D eigenvalue weighted by molar-refractivity contribution is 5.64. The van der Waals surface area contributed by atoms with Gasteiger partial charge in [-0.25, -0.2) is 4.39 Å². The maximum Gasteiger partial charge on any atom is 0.136 e. The summed E-state index contributed by atoms with van der Waals surface area (Å²) in [5.41, 5.74) is 1.99. The zero-order chi connectivity index (χ0) is 21.9. The van der Waals surface area contributed by atoms with Crippen molar-refractivity contribution in [3.05, 3.63) is 54.1 Å². The van der Waals surface area contributed by atoms with Crippen molar-refractivity contribution in [3.8, 4) is 16.9 Å². The predicted octanol–water partition coefficient (Wildman–Crippen LogP) is 9.25. The quantitative estimate of drug-likeness (QED) is 0.308. The zero-order valence-corrected chi connectivity index (χ0v) is 19.7. The SMILES string of the molecule is CCCCCCCC1CCC(F)(c2ccc(-c3ccc(OCCCC)cc3)cc2)CC1. The van der Waals surface area contributed by atoms with Gasteiger partial charge in [0.15, 0.2) is 0 Å². The molecule has 1 saturated carbocycles. The summed E-state index contributed by atoms with van der Waals surface area (Å²) in [6.45, 7) is 5.19. The first-order valence-corrected chi connectivity index (χ1v) is 12.7. The Balaban J connectivity index is 1.50. The standard InChI is InChI=1S/C29H41FO/c1-3-5-7-8-9-10-24-19-21-29(30,22-20-24)27-15-11-25(12-16-27)26-13-17-28(18-14-26)31-23-6-4-2/h11-18,24H,3-10,19-23H2,1-2H3. The third-order valence-corrected chi connectivity index (χ3v) is 6.97. The Morgan fingerprint density at radius 3 is 1.97 bits per heavy atom. The summed E-state index contributed by atoms with van der Waals surface area (Å²) in [6.07, 6.45) is 13.6. The fraction of sp³-hybridized carbons (Fsp3) is 0.586. The number of hydrogen-bond acceptors (Lipinski definition) is 1. The fourth-order valence-corrected chi connectivity index (χ4v) is 4.79. The summed E-state index contributed by atoms with van der Waals surface area (Å²) in [4.78, 5) is 0. The second kappa shape index (κ2) is 12.3. The largest absolute Gasteiger partial charge is 0.494 e. The topological polar surface area (TPSA) is 9.23 Å². The Morgan fingerprint density at radius 1 is 0.774 bits per heavy atom. The number of alkyl halides is 1. The Labute approximate surface area is 189 Å². The van der Waals surface area contributed by atoms with E-state index < -0.39 is 5.67 Å². The molecule has 0 saturated heterocycles. The molecule has 0 radical (unpaired) electrons. The van der Waals surface area contributed by atoms with E-state index in [1.54, 1.807) is 0 Å². The minimum Gasteiger partial charge on any atom is -0.494 e. The lowest BCUT2D eigenvalue weighted by Crippen LogP contribution is -2.27. The average molecular weight is 425 g/mol. The van der Waals surface area contributed by atoms with Crippen LogP contribution in [0.3, 0.4) is 0 Å². The lowest BCUT2D eigenvalue weighted by molar-refractivity contribution is 0.0787. The lowest BCUT2D eigenvalue weighted by atomic mass is 9.75. The molecule has 1 nitrogen and oxygen atoms in total. The molecule has 31 heavy (non-hydrogen) atoms. The van der Waals surface area contributed by atoms with Crippen LogP contribution in [-0.2, 0) is 5.67 Å². The zero-order valence-electron chi connectivity index (χ0n) is 19.7. The van der Waals surface area contributed by atoms with Crippen molar-refractivity contribution in [3.63, 3.8) is 0 Å². The minimum atomic E-state index is -1.14. The number of benzene rings is 2. The van der Waals surface area contributed by atoms with E-state index in [9.17, 15) is 0 Å². The molecular weight excluding hydrogens is 383 g/mol. The molecule has 2 aromatic rings. The van der Waals surface area contributed by atoms with Gasteiger partial charge >= 0.3 is 0 Å². The third-order valence-electron chi connectivity index (χ3n) is 6.97. The monoisotopic (exact) mass is 424 g/mol. The average Bonchev–Trinajstić information content (AvgIpc) is 2.81. The first-order valence-electron chi connectivity index (χ1n) is 12.7. The Morgan fingerprint density at radius 2 is 1.35 bits per heavy atom. The molecule has 0 bridgehead atoms. The van der Waals surface area contributed by atoms with Crippen LogP contribution >= 0.6 is 0 Å². The highest BCUT2D eigenvalue weighted by atomic mass is 19.1. The van der Waals surface area contributed by atoms with E-state index in [0.29, 0.717) is 12.8 Å². The van der Waals surface area contributed by atoms with E-state index in [-0.39, 0.29) is 0 Å². The molecule has 1 aliphatic rings. The highest BCUT2D eigenvalue weighted by Gasteiger charge is 2.36. The van der Waals surface area contributed by atoms with E-state index in [2.05, 4.69) is 38.1 Å². The summed E-state index contributed by atoms with van der Waals surface area (Å²) in [5, 5.41) is 0. The Bertz CT molecular complexity index is 741. The molecule has 0 heterocycles. The van der Waals surface area contributed by atoms with Crippen molar-refractivity contribution in [2.45, 2.75) is 96.6 Å². The number of unbranched alkanes of at least 4 members (excludes halogenated alkanes) is 5. The van der Waals surface area contributed by atoms with Crippen LogP contribution in [0.4, 0.5) is 4.39 Å². The van der Waals surface area contributed by atoms with Crippen molar-refractivity contribution >= 4 is 0 Å². The molecule has 0 N–H and O–H groups in total. The van der Waals surface area contributed by atoms with E-state index >= 15 is 4.39 Å². The Hall–Kier alpha value is -1.83. The molecule has 170 valence electrons. The van der Waals surface area contributed by atoms with Crippen LogP contribution in [0, 0.1) is 5.92 Å². The van der Waals surface area contributed by atoms with Gasteiger partial charge in [-0.3, -0.25) is 0 Å². The molecule has 0 aromatic heterocycles. The third kappa shape index (κ3) is 7.09. The van der Waals surface area contributed by atoms with Crippen molar-refractivity contribution in [1.29, 1.82) is 0 Å². The molecule has 0 atom stereocenters. The number of ether oxygens (including phenoxy) is 1. The van der Waals surface area contributed by atoms with Crippen molar-refractivity contribution in [2.75, 3.05) is 6.61 Å². The molecule has 0 aliphatic heterocycles. The van der Waals surface area contributed by atoms with Crippen LogP contribution in [0.5, 0.6) is 5.75 Å². The van der Waals surface area contributed by atoms with Crippen molar-refractivity contribution in [2.24, 2.45) is 5.92 Å². The molecule has 0 amide bonds.